The van der Waals surface area contributed by atoms with Crippen LogP contribution in [0.3, 0.4) is 0 Å². The summed E-state index contributed by atoms with van der Waals surface area (Å²) in [6.45, 7) is 2.16. The molecule has 128 valence electrons. The van der Waals surface area contributed by atoms with Crippen molar-refractivity contribution in [2.75, 3.05) is 31.2 Å². The first-order valence-corrected chi connectivity index (χ1v) is 8.26. The number of anilines is 2. The highest BCUT2D eigenvalue weighted by Gasteiger charge is 2.34. The van der Waals surface area contributed by atoms with Gasteiger partial charge >= 0.3 is 0 Å². The van der Waals surface area contributed by atoms with Gasteiger partial charge in [-0.15, -0.1) is 0 Å². The van der Waals surface area contributed by atoms with Crippen molar-refractivity contribution in [1.82, 2.24) is 4.90 Å². The molecule has 1 N–H and O–H groups in total. The number of aromatic hydroxyl groups is 1. The molecule has 0 spiro atoms. The molecule has 1 saturated heterocycles. The van der Waals surface area contributed by atoms with Gasteiger partial charge in [-0.1, -0.05) is 12.1 Å². The van der Waals surface area contributed by atoms with Crippen LogP contribution in [0, 0.1) is 0 Å². The number of phenols is 1. The average Bonchev–Trinajstić information content (AvgIpc) is 2.98. The van der Waals surface area contributed by atoms with Gasteiger partial charge in [0, 0.05) is 18.8 Å². The number of hydrogen-bond donors (Lipinski definition) is 1. The molecule has 2 amide bonds. The SMILES string of the molecule is O=C(c1cccc2c1N(c1ccc(O)cc1)C(=O)C2)N1CCOCC1. The maximum atomic E-state index is 13.0. The lowest BCUT2D eigenvalue weighted by Crippen LogP contribution is -2.41. The molecule has 0 aromatic heterocycles. The smallest absolute Gasteiger partial charge is 0.256 e. The third-order valence-corrected chi connectivity index (χ3v) is 4.57. The molecule has 0 radical (unpaired) electrons. The number of para-hydroxylation sites is 1. The van der Waals surface area contributed by atoms with Gasteiger partial charge in [-0.25, -0.2) is 0 Å². The van der Waals surface area contributed by atoms with Crippen molar-refractivity contribution in [3.8, 4) is 5.75 Å². The van der Waals surface area contributed by atoms with Crippen molar-refractivity contribution < 1.29 is 19.4 Å². The number of hydrogen-bond acceptors (Lipinski definition) is 4. The van der Waals surface area contributed by atoms with Crippen molar-refractivity contribution in [3.05, 3.63) is 53.6 Å². The van der Waals surface area contributed by atoms with E-state index in [-0.39, 0.29) is 24.0 Å². The number of carbonyl (C=O) groups is 2. The lowest BCUT2D eigenvalue weighted by molar-refractivity contribution is -0.116. The first-order valence-electron chi connectivity index (χ1n) is 8.26. The van der Waals surface area contributed by atoms with Gasteiger partial charge in [0.25, 0.3) is 5.91 Å². The standard InChI is InChI=1S/C19H18N2O4/c22-15-6-4-14(5-7-15)21-17(23)12-13-2-1-3-16(18(13)21)19(24)20-8-10-25-11-9-20/h1-7,22H,8-12H2. The van der Waals surface area contributed by atoms with Crippen LogP contribution in [-0.2, 0) is 16.0 Å². The molecular weight excluding hydrogens is 320 g/mol. The highest BCUT2D eigenvalue weighted by molar-refractivity contribution is 6.13. The van der Waals surface area contributed by atoms with E-state index < -0.39 is 0 Å². The van der Waals surface area contributed by atoms with Crippen molar-refractivity contribution in [1.29, 1.82) is 0 Å². The van der Waals surface area contributed by atoms with Crippen molar-refractivity contribution >= 4 is 23.2 Å². The first kappa shape index (κ1) is 15.7. The molecule has 0 saturated carbocycles. The number of carbonyl (C=O) groups excluding carboxylic acids is 2. The Balaban J connectivity index is 1.77. The average molecular weight is 338 g/mol. The fourth-order valence-electron chi connectivity index (χ4n) is 3.35. The van der Waals surface area contributed by atoms with Crippen molar-refractivity contribution in [2.24, 2.45) is 0 Å². The lowest BCUT2D eigenvalue weighted by Gasteiger charge is -2.28. The van der Waals surface area contributed by atoms with Gasteiger partial charge in [-0.05, 0) is 35.9 Å². The van der Waals surface area contributed by atoms with Gasteiger partial charge in [0.05, 0.1) is 30.9 Å². The summed E-state index contributed by atoms with van der Waals surface area (Å²) >= 11 is 0. The fraction of sp³-hybridized carbons (Fsp3) is 0.263. The Morgan fingerprint density at radius 2 is 1.76 bits per heavy atom. The summed E-state index contributed by atoms with van der Waals surface area (Å²) in [4.78, 5) is 28.9. The Morgan fingerprint density at radius 3 is 2.48 bits per heavy atom. The number of phenolic OH excluding ortho intramolecular Hbond substituents is 1. The number of benzene rings is 2. The maximum absolute atomic E-state index is 13.0. The topological polar surface area (TPSA) is 70.1 Å². The molecule has 0 unspecified atom stereocenters. The summed E-state index contributed by atoms with van der Waals surface area (Å²) in [7, 11) is 0. The summed E-state index contributed by atoms with van der Waals surface area (Å²) in [6, 6.07) is 11.9. The normalized spacial score (nSPS) is 16.9. The molecule has 2 aromatic rings. The van der Waals surface area contributed by atoms with E-state index in [0.717, 1.165) is 5.56 Å². The quantitative estimate of drug-likeness (QED) is 0.910. The molecule has 2 aliphatic heterocycles. The van der Waals surface area contributed by atoms with Crippen molar-refractivity contribution in [3.63, 3.8) is 0 Å². The van der Waals surface area contributed by atoms with Gasteiger partial charge in [-0.2, -0.15) is 0 Å². The zero-order valence-corrected chi connectivity index (χ0v) is 13.6. The van der Waals surface area contributed by atoms with Gasteiger partial charge < -0.3 is 14.7 Å². The van der Waals surface area contributed by atoms with Crippen LogP contribution in [0.25, 0.3) is 0 Å². The highest BCUT2D eigenvalue weighted by atomic mass is 16.5. The van der Waals surface area contributed by atoms with Crippen LogP contribution < -0.4 is 4.90 Å². The Hall–Kier alpha value is -2.86. The van der Waals surface area contributed by atoms with E-state index in [0.29, 0.717) is 43.2 Å². The number of morpholine rings is 1. The number of fused-ring (bicyclic) bond motifs is 1. The molecule has 6 heteroatoms. The van der Waals surface area contributed by atoms with Crippen LogP contribution >= 0.6 is 0 Å². The zero-order chi connectivity index (χ0) is 17.4. The molecular formula is C19H18N2O4. The van der Waals surface area contributed by atoms with Crippen LogP contribution in [-0.4, -0.2) is 48.1 Å². The molecule has 0 aliphatic carbocycles. The van der Waals surface area contributed by atoms with E-state index in [1.54, 1.807) is 28.0 Å². The van der Waals surface area contributed by atoms with Gasteiger partial charge in [0.2, 0.25) is 5.91 Å². The summed E-state index contributed by atoms with van der Waals surface area (Å²) in [5, 5.41) is 9.50. The van der Waals surface area contributed by atoms with E-state index in [9.17, 15) is 14.7 Å². The second-order valence-electron chi connectivity index (χ2n) is 6.14. The Bertz CT molecular complexity index is 826. The summed E-state index contributed by atoms with van der Waals surface area (Å²) in [5.41, 5.74) is 2.66. The molecule has 25 heavy (non-hydrogen) atoms. The van der Waals surface area contributed by atoms with Crippen molar-refractivity contribution in [2.45, 2.75) is 6.42 Å². The Morgan fingerprint density at radius 1 is 1.04 bits per heavy atom. The third kappa shape index (κ3) is 2.74. The lowest BCUT2D eigenvalue weighted by atomic mass is 10.1. The predicted molar refractivity (Wildman–Crippen MR) is 92.1 cm³/mol. The molecule has 2 heterocycles. The number of ether oxygens (including phenoxy) is 1. The van der Waals surface area contributed by atoms with Crippen LogP contribution in [0.4, 0.5) is 11.4 Å². The highest BCUT2D eigenvalue weighted by Crippen LogP contribution is 2.39. The van der Waals surface area contributed by atoms with Crippen LogP contribution in [0.2, 0.25) is 0 Å². The summed E-state index contributed by atoms with van der Waals surface area (Å²) < 4.78 is 5.31. The Labute approximate surface area is 145 Å². The van der Waals surface area contributed by atoms with Crippen LogP contribution in [0.15, 0.2) is 42.5 Å². The molecule has 6 nitrogen and oxygen atoms in total. The molecule has 2 aliphatic rings. The minimum Gasteiger partial charge on any atom is -0.508 e. The zero-order valence-electron chi connectivity index (χ0n) is 13.6. The third-order valence-electron chi connectivity index (χ3n) is 4.57. The van der Waals surface area contributed by atoms with Gasteiger partial charge in [-0.3, -0.25) is 14.5 Å². The van der Waals surface area contributed by atoms with E-state index >= 15 is 0 Å². The molecule has 0 atom stereocenters. The fourth-order valence-corrected chi connectivity index (χ4v) is 3.35. The molecule has 4 rings (SSSR count). The maximum Gasteiger partial charge on any atom is 0.256 e. The van der Waals surface area contributed by atoms with Crippen LogP contribution in [0.5, 0.6) is 5.75 Å². The number of rotatable bonds is 2. The second-order valence-corrected chi connectivity index (χ2v) is 6.14. The molecule has 0 bridgehead atoms. The van der Waals surface area contributed by atoms with E-state index in [2.05, 4.69) is 0 Å². The second kappa shape index (κ2) is 6.22. The number of nitrogens with zero attached hydrogens (tertiary/aromatic N) is 2. The van der Waals surface area contributed by atoms with Gasteiger partial charge in [0.15, 0.2) is 0 Å². The monoisotopic (exact) mass is 338 g/mol. The van der Waals surface area contributed by atoms with Crippen LogP contribution in [0.1, 0.15) is 15.9 Å². The minimum atomic E-state index is -0.0846. The summed E-state index contributed by atoms with van der Waals surface area (Å²) in [5.74, 6) is -0.0326. The molecule has 1 fully saturated rings. The molecule has 2 aromatic carbocycles. The van der Waals surface area contributed by atoms with E-state index in [1.807, 2.05) is 12.1 Å². The van der Waals surface area contributed by atoms with Gasteiger partial charge in [0.1, 0.15) is 5.75 Å². The largest absolute Gasteiger partial charge is 0.508 e. The van der Waals surface area contributed by atoms with E-state index in [4.69, 9.17) is 4.74 Å². The predicted octanol–water partition coefficient (Wildman–Crippen LogP) is 2.09. The number of amides is 2. The summed E-state index contributed by atoms with van der Waals surface area (Å²) in [6.07, 6.45) is 0.264. The van der Waals surface area contributed by atoms with E-state index in [1.165, 1.54) is 12.1 Å². The minimum absolute atomic E-state index is 0.0806. The Kier molecular flexibility index (Phi) is 3.89. The first-order chi connectivity index (χ1) is 12.1.